The van der Waals surface area contributed by atoms with Crippen LogP contribution < -0.4 is 5.32 Å². The summed E-state index contributed by atoms with van der Waals surface area (Å²) in [6.45, 7) is 5.08. The van der Waals surface area contributed by atoms with Crippen molar-refractivity contribution in [3.8, 4) is 0 Å². The molecule has 0 spiro atoms. The van der Waals surface area contributed by atoms with Gasteiger partial charge in [-0.25, -0.2) is 0 Å². The Morgan fingerprint density at radius 1 is 1.33 bits per heavy atom. The smallest absolute Gasteiger partial charge is 0.241 e. The number of hydrogen-bond donors (Lipinski definition) is 1. The minimum Gasteiger partial charge on any atom is -0.321 e. The second-order valence-electron chi connectivity index (χ2n) is 6.54. The van der Waals surface area contributed by atoms with Gasteiger partial charge in [0.15, 0.2) is 0 Å². The summed E-state index contributed by atoms with van der Waals surface area (Å²) in [5.41, 5.74) is 2.63. The molecule has 0 bridgehead atoms. The van der Waals surface area contributed by atoms with Crippen molar-refractivity contribution in [1.82, 2.24) is 10.2 Å². The molecule has 2 heterocycles. The van der Waals surface area contributed by atoms with Gasteiger partial charge in [-0.3, -0.25) is 10.1 Å². The van der Waals surface area contributed by atoms with E-state index in [1.165, 1.54) is 36.8 Å². The Hall–Kier alpha value is -0.870. The number of carbonyl (C=O) groups is 1. The number of hydrogen-bond acceptors (Lipinski definition) is 3. The Bertz CT molecular complexity index is 493. The molecule has 1 aromatic heterocycles. The van der Waals surface area contributed by atoms with Crippen molar-refractivity contribution >= 4 is 17.2 Å². The van der Waals surface area contributed by atoms with Gasteiger partial charge < -0.3 is 4.90 Å². The Labute approximate surface area is 131 Å². The highest BCUT2D eigenvalue weighted by Gasteiger charge is 2.42. The maximum Gasteiger partial charge on any atom is 0.241 e. The SMILES string of the molecule is CCCC1NC(C2CCCC2)N(Cc2cscc2C)C1=O. The third-order valence-corrected chi connectivity index (χ3v) is 5.93. The number of amides is 1. The molecule has 1 saturated heterocycles. The maximum atomic E-state index is 12.8. The van der Waals surface area contributed by atoms with Crippen LogP contribution in [-0.4, -0.2) is 23.0 Å². The maximum absolute atomic E-state index is 12.8. The second-order valence-corrected chi connectivity index (χ2v) is 7.29. The van der Waals surface area contributed by atoms with Crippen molar-refractivity contribution in [1.29, 1.82) is 0 Å². The molecule has 3 nitrogen and oxygen atoms in total. The molecule has 21 heavy (non-hydrogen) atoms. The van der Waals surface area contributed by atoms with Crippen LogP contribution in [0.1, 0.15) is 56.6 Å². The molecule has 2 fully saturated rings. The van der Waals surface area contributed by atoms with E-state index in [1.54, 1.807) is 11.3 Å². The number of nitrogens with zero attached hydrogens (tertiary/aromatic N) is 1. The predicted octanol–water partition coefficient (Wildman–Crippen LogP) is 3.67. The molecule has 1 aromatic rings. The van der Waals surface area contributed by atoms with Gasteiger partial charge in [-0.2, -0.15) is 11.3 Å². The van der Waals surface area contributed by atoms with E-state index in [2.05, 4.69) is 34.8 Å². The highest BCUT2D eigenvalue weighted by Crippen LogP contribution is 2.33. The van der Waals surface area contributed by atoms with Gasteiger partial charge in [0.25, 0.3) is 0 Å². The van der Waals surface area contributed by atoms with Crippen molar-refractivity contribution in [2.75, 3.05) is 0 Å². The molecule has 1 saturated carbocycles. The summed E-state index contributed by atoms with van der Waals surface area (Å²) in [5.74, 6) is 0.967. The van der Waals surface area contributed by atoms with Gasteiger partial charge in [0, 0.05) is 6.54 Å². The lowest BCUT2D eigenvalue weighted by Crippen LogP contribution is -2.42. The predicted molar refractivity (Wildman–Crippen MR) is 87.2 cm³/mol. The van der Waals surface area contributed by atoms with E-state index in [4.69, 9.17) is 0 Å². The molecule has 2 atom stereocenters. The van der Waals surface area contributed by atoms with Gasteiger partial charge >= 0.3 is 0 Å². The van der Waals surface area contributed by atoms with Gasteiger partial charge in [-0.05, 0) is 54.0 Å². The number of carbonyl (C=O) groups excluding carboxylic acids is 1. The second kappa shape index (κ2) is 6.49. The van der Waals surface area contributed by atoms with Crippen molar-refractivity contribution in [3.63, 3.8) is 0 Å². The first kappa shape index (κ1) is 15.0. The lowest BCUT2D eigenvalue weighted by molar-refractivity contribution is -0.131. The first-order valence-electron chi connectivity index (χ1n) is 8.29. The molecule has 1 aliphatic heterocycles. The molecule has 3 rings (SSSR count). The third kappa shape index (κ3) is 3.02. The van der Waals surface area contributed by atoms with Crippen molar-refractivity contribution in [2.24, 2.45) is 5.92 Å². The quantitative estimate of drug-likeness (QED) is 0.900. The fraction of sp³-hybridized carbons (Fsp3) is 0.706. The standard InChI is InChI=1S/C17H26N2OS/c1-3-6-15-17(20)19(9-14-11-21-10-12(14)2)16(18-15)13-7-4-5-8-13/h10-11,13,15-16,18H,3-9H2,1-2H3. The monoisotopic (exact) mass is 306 g/mol. The van der Waals surface area contributed by atoms with E-state index in [0.717, 1.165) is 19.4 Å². The van der Waals surface area contributed by atoms with Gasteiger partial charge in [-0.1, -0.05) is 26.2 Å². The molecule has 1 N–H and O–H groups in total. The zero-order valence-electron chi connectivity index (χ0n) is 13.1. The summed E-state index contributed by atoms with van der Waals surface area (Å²) in [6.07, 6.45) is 7.46. The van der Waals surface area contributed by atoms with Gasteiger partial charge in [0.1, 0.15) is 0 Å². The number of rotatable bonds is 5. The van der Waals surface area contributed by atoms with Crippen LogP contribution in [0.3, 0.4) is 0 Å². The average molecular weight is 306 g/mol. The average Bonchev–Trinajstić information content (AvgIpc) is 3.17. The van der Waals surface area contributed by atoms with E-state index in [1.807, 2.05) is 0 Å². The molecule has 0 aromatic carbocycles. The van der Waals surface area contributed by atoms with E-state index in [9.17, 15) is 4.79 Å². The molecular formula is C17H26N2OS. The first-order chi connectivity index (χ1) is 10.2. The molecule has 116 valence electrons. The van der Waals surface area contributed by atoms with Crippen LogP contribution in [0.25, 0.3) is 0 Å². The van der Waals surface area contributed by atoms with E-state index >= 15 is 0 Å². The van der Waals surface area contributed by atoms with Crippen LogP contribution in [0, 0.1) is 12.8 Å². The summed E-state index contributed by atoms with van der Waals surface area (Å²) in [6, 6.07) is 0.0412. The summed E-state index contributed by atoms with van der Waals surface area (Å²) < 4.78 is 0. The largest absolute Gasteiger partial charge is 0.321 e. The first-order valence-corrected chi connectivity index (χ1v) is 9.23. The lowest BCUT2D eigenvalue weighted by Gasteiger charge is -2.29. The Morgan fingerprint density at radius 2 is 2.10 bits per heavy atom. The molecule has 1 amide bonds. The third-order valence-electron chi connectivity index (χ3n) is 5.01. The highest BCUT2D eigenvalue weighted by atomic mass is 32.1. The molecular weight excluding hydrogens is 280 g/mol. The normalized spacial score (nSPS) is 27.0. The number of aryl methyl sites for hydroxylation is 1. The van der Waals surface area contributed by atoms with Crippen molar-refractivity contribution in [3.05, 3.63) is 21.9 Å². The highest BCUT2D eigenvalue weighted by molar-refractivity contribution is 7.08. The Balaban J connectivity index is 1.78. The van der Waals surface area contributed by atoms with Gasteiger partial charge in [-0.15, -0.1) is 0 Å². The van der Waals surface area contributed by atoms with Crippen LogP contribution >= 0.6 is 11.3 Å². The lowest BCUT2D eigenvalue weighted by atomic mass is 10.0. The van der Waals surface area contributed by atoms with E-state index in [0.29, 0.717) is 11.8 Å². The number of nitrogens with one attached hydrogen (secondary N) is 1. The van der Waals surface area contributed by atoms with Crippen molar-refractivity contribution < 1.29 is 4.79 Å². The molecule has 4 heteroatoms. The fourth-order valence-electron chi connectivity index (χ4n) is 3.77. The molecule has 1 aliphatic carbocycles. The topological polar surface area (TPSA) is 32.3 Å². The van der Waals surface area contributed by atoms with E-state index in [-0.39, 0.29) is 12.2 Å². The Kier molecular flexibility index (Phi) is 4.65. The summed E-state index contributed by atoms with van der Waals surface area (Å²) in [7, 11) is 0. The minimum absolute atomic E-state index is 0.0412. The van der Waals surface area contributed by atoms with Gasteiger partial charge in [0.2, 0.25) is 5.91 Å². The zero-order valence-corrected chi connectivity index (χ0v) is 13.9. The zero-order chi connectivity index (χ0) is 14.8. The minimum atomic E-state index is 0.0412. The van der Waals surface area contributed by atoms with Crippen LogP contribution in [0.15, 0.2) is 10.8 Å². The molecule has 2 aliphatic rings. The summed E-state index contributed by atoms with van der Waals surface area (Å²) >= 11 is 1.74. The Morgan fingerprint density at radius 3 is 2.71 bits per heavy atom. The van der Waals surface area contributed by atoms with Crippen LogP contribution in [0.5, 0.6) is 0 Å². The number of thiophene rings is 1. The summed E-state index contributed by atoms with van der Waals surface area (Å²) in [5, 5.41) is 8.02. The molecule has 2 unspecified atom stereocenters. The van der Waals surface area contributed by atoms with Crippen LogP contribution in [0.2, 0.25) is 0 Å². The van der Waals surface area contributed by atoms with Gasteiger partial charge in [0.05, 0.1) is 12.2 Å². The van der Waals surface area contributed by atoms with E-state index < -0.39 is 0 Å². The molecule has 0 radical (unpaired) electrons. The van der Waals surface area contributed by atoms with Crippen LogP contribution in [0.4, 0.5) is 0 Å². The fourth-order valence-corrected chi connectivity index (χ4v) is 4.62. The van der Waals surface area contributed by atoms with Crippen LogP contribution in [-0.2, 0) is 11.3 Å². The van der Waals surface area contributed by atoms with Crippen molar-refractivity contribution in [2.45, 2.75) is 71.1 Å². The summed E-state index contributed by atoms with van der Waals surface area (Å²) in [4.78, 5) is 14.9.